The summed E-state index contributed by atoms with van der Waals surface area (Å²) in [6.45, 7) is 7.65. The van der Waals surface area contributed by atoms with E-state index >= 15 is 0 Å². The molecule has 68 valence electrons. The van der Waals surface area contributed by atoms with Gasteiger partial charge in [0.1, 0.15) is 0 Å². The molecule has 1 rings (SSSR count). The summed E-state index contributed by atoms with van der Waals surface area (Å²) in [6, 6.07) is 0. The van der Waals surface area contributed by atoms with Crippen LogP contribution in [0.1, 0.15) is 33.1 Å². The van der Waals surface area contributed by atoms with Crippen molar-refractivity contribution >= 4 is 0 Å². The Bertz CT molecular complexity index is 201. The van der Waals surface area contributed by atoms with Crippen molar-refractivity contribution in [3.63, 3.8) is 0 Å². The van der Waals surface area contributed by atoms with Gasteiger partial charge in [0.2, 0.25) is 0 Å². The summed E-state index contributed by atoms with van der Waals surface area (Å²) in [7, 11) is 0. The van der Waals surface area contributed by atoms with Gasteiger partial charge in [0.05, 0.1) is 5.60 Å². The Labute approximate surface area is 74.8 Å². The Kier molecular flexibility index (Phi) is 2.73. The number of hydrogen-bond donors (Lipinski definition) is 1. The van der Waals surface area contributed by atoms with E-state index in [2.05, 4.69) is 19.6 Å². The van der Waals surface area contributed by atoms with Crippen LogP contribution < -0.4 is 0 Å². The van der Waals surface area contributed by atoms with E-state index in [0.29, 0.717) is 5.92 Å². The van der Waals surface area contributed by atoms with Gasteiger partial charge in [-0.15, -0.1) is 6.58 Å². The molecule has 0 aromatic carbocycles. The summed E-state index contributed by atoms with van der Waals surface area (Å²) in [4.78, 5) is 0. The van der Waals surface area contributed by atoms with Crippen molar-refractivity contribution in [3.8, 4) is 0 Å². The first-order valence-corrected chi connectivity index (χ1v) is 4.58. The molecule has 0 bridgehead atoms. The van der Waals surface area contributed by atoms with Crippen molar-refractivity contribution in [1.82, 2.24) is 0 Å². The molecule has 2 unspecified atom stereocenters. The fourth-order valence-electron chi connectivity index (χ4n) is 1.66. The van der Waals surface area contributed by atoms with Crippen molar-refractivity contribution in [2.75, 3.05) is 0 Å². The predicted octanol–water partition coefficient (Wildman–Crippen LogP) is 2.67. The van der Waals surface area contributed by atoms with E-state index in [0.717, 1.165) is 19.3 Å². The molecule has 1 N–H and O–H groups in total. The molecule has 1 aliphatic carbocycles. The second kappa shape index (κ2) is 3.44. The summed E-state index contributed by atoms with van der Waals surface area (Å²) in [5, 5.41) is 9.89. The molecule has 0 heterocycles. The van der Waals surface area contributed by atoms with E-state index in [1.54, 1.807) is 6.08 Å². The predicted molar refractivity (Wildman–Crippen MR) is 51.9 cm³/mol. The fourth-order valence-corrected chi connectivity index (χ4v) is 1.66. The smallest absolute Gasteiger partial charge is 0.0828 e. The van der Waals surface area contributed by atoms with Crippen molar-refractivity contribution in [2.45, 2.75) is 38.7 Å². The lowest BCUT2D eigenvalue weighted by atomic mass is 9.79. The van der Waals surface area contributed by atoms with Crippen LogP contribution in [0.15, 0.2) is 24.3 Å². The van der Waals surface area contributed by atoms with Gasteiger partial charge >= 0.3 is 0 Å². The third kappa shape index (κ3) is 1.98. The molecule has 1 heteroatoms. The Morgan fingerprint density at radius 2 is 2.42 bits per heavy atom. The van der Waals surface area contributed by atoms with E-state index < -0.39 is 5.60 Å². The van der Waals surface area contributed by atoms with E-state index in [4.69, 9.17) is 0 Å². The zero-order chi connectivity index (χ0) is 9.19. The molecular weight excluding hydrogens is 148 g/mol. The van der Waals surface area contributed by atoms with Crippen molar-refractivity contribution < 1.29 is 5.11 Å². The highest BCUT2D eigenvalue weighted by atomic mass is 16.3. The standard InChI is InChI=1S/C11H18O/c1-4-11(3,12)10-7-5-9(2)6-8-10/h4-5,10,12H,1,6-8H2,2-3H3. The van der Waals surface area contributed by atoms with Gasteiger partial charge in [-0.2, -0.15) is 0 Å². The number of rotatable bonds is 2. The van der Waals surface area contributed by atoms with Crippen molar-refractivity contribution in [1.29, 1.82) is 0 Å². The fraction of sp³-hybridized carbons (Fsp3) is 0.636. The maximum absolute atomic E-state index is 9.89. The normalized spacial score (nSPS) is 28.9. The van der Waals surface area contributed by atoms with Crippen LogP contribution in [0.25, 0.3) is 0 Å². The van der Waals surface area contributed by atoms with Crippen molar-refractivity contribution in [2.24, 2.45) is 5.92 Å². The third-order valence-electron chi connectivity index (χ3n) is 2.88. The van der Waals surface area contributed by atoms with Crippen LogP contribution in [0.3, 0.4) is 0 Å². The average Bonchev–Trinajstić information content (AvgIpc) is 2.05. The average molecular weight is 166 g/mol. The van der Waals surface area contributed by atoms with Crippen LogP contribution in [0.4, 0.5) is 0 Å². The van der Waals surface area contributed by atoms with Gasteiger partial charge in [0, 0.05) is 0 Å². The number of hydrogen-bond acceptors (Lipinski definition) is 1. The molecule has 0 aromatic heterocycles. The van der Waals surface area contributed by atoms with Gasteiger partial charge in [-0.05, 0) is 39.0 Å². The molecular formula is C11H18O. The quantitative estimate of drug-likeness (QED) is 0.625. The first-order valence-electron chi connectivity index (χ1n) is 4.58. The van der Waals surface area contributed by atoms with Gasteiger partial charge < -0.3 is 5.11 Å². The highest BCUT2D eigenvalue weighted by molar-refractivity contribution is 5.08. The molecule has 0 fully saturated rings. The van der Waals surface area contributed by atoms with E-state index in [1.165, 1.54) is 5.57 Å². The topological polar surface area (TPSA) is 20.2 Å². The Hall–Kier alpha value is -0.560. The van der Waals surface area contributed by atoms with Crippen molar-refractivity contribution in [3.05, 3.63) is 24.3 Å². The minimum atomic E-state index is -0.683. The highest BCUT2D eigenvalue weighted by Gasteiger charge is 2.28. The maximum atomic E-state index is 9.89. The number of allylic oxidation sites excluding steroid dienone is 2. The zero-order valence-electron chi connectivity index (χ0n) is 8.01. The van der Waals surface area contributed by atoms with E-state index in [9.17, 15) is 5.11 Å². The molecule has 0 spiro atoms. The highest BCUT2D eigenvalue weighted by Crippen LogP contribution is 2.32. The van der Waals surface area contributed by atoms with E-state index in [1.807, 2.05) is 6.92 Å². The number of aliphatic hydroxyl groups is 1. The molecule has 0 aromatic rings. The Morgan fingerprint density at radius 3 is 2.83 bits per heavy atom. The summed E-state index contributed by atoms with van der Waals surface area (Å²) in [5.74, 6) is 0.360. The molecule has 1 aliphatic rings. The summed E-state index contributed by atoms with van der Waals surface area (Å²) in [5.41, 5.74) is 0.767. The Balaban J connectivity index is 2.62. The molecule has 0 radical (unpaired) electrons. The first-order chi connectivity index (χ1) is 5.56. The van der Waals surface area contributed by atoms with Crippen LogP contribution in [-0.4, -0.2) is 10.7 Å². The van der Waals surface area contributed by atoms with Gasteiger partial charge in [0.25, 0.3) is 0 Å². The third-order valence-corrected chi connectivity index (χ3v) is 2.88. The van der Waals surface area contributed by atoms with Crippen LogP contribution in [0, 0.1) is 5.92 Å². The molecule has 1 nitrogen and oxygen atoms in total. The first kappa shape index (κ1) is 9.53. The zero-order valence-corrected chi connectivity index (χ0v) is 8.01. The van der Waals surface area contributed by atoms with Crippen LogP contribution in [-0.2, 0) is 0 Å². The molecule has 0 saturated heterocycles. The summed E-state index contributed by atoms with van der Waals surface area (Å²) >= 11 is 0. The minimum absolute atomic E-state index is 0.360. The summed E-state index contributed by atoms with van der Waals surface area (Å²) in [6.07, 6.45) is 7.08. The molecule has 2 atom stereocenters. The SMILES string of the molecule is C=CC(C)(O)C1CC=C(C)CC1. The van der Waals surface area contributed by atoms with Gasteiger partial charge in [-0.25, -0.2) is 0 Å². The largest absolute Gasteiger partial charge is 0.386 e. The van der Waals surface area contributed by atoms with Gasteiger partial charge in [0.15, 0.2) is 0 Å². The van der Waals surface area contributed by atoms with Gasteiger partial charge in [-0.1, -0.05) is 17.7 Å². The lowest BCUT2D eigenvalue weighted by Gasteiger charge is -2.32. The minimum Gasteiger partial charge on any atom is -0.386 e. The van der Waals surface area contributed by atoms with Gasteiger partial charge in [-0.3, -0.25) is 0 Å². The van der Waals surface area contributed by atoms with Crippen LogP contribution in [0.5, 0.6) is 0 Å². The van der Waals surface area contributed by atoms with E-state index in [-0.39, 0.29) is 0 Å². The molecule has 12 heavy (non-hydrogen) atoms. The second-order valence-electron chi connectivity index (χ2n) is 3.95. The molecule has 0 amide bonds. The molecule has 0 saturated carbocycles. The van der Waals surface area contributed by atoms with Crippen LogP contribution >= 0.6 is 0 Å². The Morgan fingerprint density at radius 1 is 1.75 bits per heavy atom. The summed E-state index contributed by atoms with van der Waals surface area (Å²) < 4.78 is 0. The lowest BCUT2D eigenvalue weighted by Crippen LogP contribution is -2.32. The monoisotopic (exact) mass is 166 g/mol. The second-order valence-corrected chi connectivity index (χ2v) is 3.95. The lowest BCUT2D eigenvalue weighted by molar-refractivity contribution is 0.0413. The molecule has 0 aliphatic heterocycles. The maximum Gasteiger partial charge on any atom is 0.0828 e. The van der Waals surface area contributed by atoms with Crippen LogP contribution in [0.2, 0.25) is 0 Å².